The van der Waals surface area contributed by atoms with Gasteiger partial charge in [-0.05, 0) is 19.8 Å². The van der Waals surface area contributed by atoms with Gasteiger partial charge in [-0.3, -0.25) is 0 Å². The Morgan fingerprint density at radius 3 is 2.35 bits per heavy atom. The van der Waals surface area contributed by atoms with Crippen molar-refractivity contribution in [2.24, 2.45) is 11.1 Å². The molecule has 0 aromatic rings. The quantitative estimate of drug-likeness (QED) is 0.207. The number of hydrogen-bond acceptors (Lipinski definition) is 2. The summed E-state index contributed by atoms with van der Waals surface area (Å²) < 4.78 is 38.3. The van der Waals surface area contributed by atoms with E-state index in [1.54, 1.807) is 6.92 Å². The van der Waals surface area contributed by atoms with Gasteiger partial charge in [-0.25, -0.2) is 0 Å². The van der Waals surface area contributed by atoms with Crippen LogP contribution in [0.2, 0.25) is 0 Å². The lowest BCUT2D eigenvalue weighted by Gasteiger charge is -2.13. The van der Waals surface area contributed by atoms with E-state index < -0.39 is 17.7 Å². The predicted octanol–water partition coefficient (Wildman–Crippen LogP) is 5.49. The lowest BCUT2D eigenvalue weighted by molar-refractivity contribution is -0.0885. The van der Waals surface area contributed by atoms with Gasteiger partial charge in [0.1, 0.15) is 0 Å². The van der Waals surface area contributed by atoms with E-state index in [2.05, 4.69) is 12.1 Å². The van der Waals surface area contributed by atoms with Gasteiger partial charge in [0.25, 0.3) is 0 Å². The van der Waals surface area contributed by atoms with E-state index in [4.69, 9.17) is 5.21 Å². The molecule has 0 rings (SSSR count). The van der Waals surface area contributed by atoms with Crippen LogP contribution in [0.3, 0.4) is 0 Å². The van der Waals surface area contributed by atoms with E-state index in [1.165, 1.54) is 13.0 Å². The summed E-state index contributed by atoms with van der Waals surface area (Å²) >= 11 is 0. The molecule has 1 atom stereocenters. The molecule has 0 saturated heterocycles. The molecule has 0 aliphatic rings. The molecule has 0 heterocycles. The van der Waals surface area contributed by atoms with Crippen LogP contribution in [0.25, 0.3) is 0 Å². The fourth-order valence-corrected chi connectivity index (χ4v) is 1.89. The molecule has 0 fully saturated rings. The number of halogens is 3. The largest absolute Gasteiger partial charge is 0.416 e. The first-order chi connectivity index (χ1) is 9.36. The standard InChI is InChI=1S/C15H24F3NO/c1-4-6-7-8-10-14(19-20)12(3)11-13(9-5-2)15(16,17)18/h5,9,11-12,20H,4,6-8,10H2,1-3H3/b9-5-,13-11+,19-14+/t12-/m0/s1. The molecule has 0 radical (unpaired) electrons. The van der Waals surface area contributed by atoms with Gasteiger partial charge in [-0.15, -0.1) is 0 Å². The van der Waals surface area contributed by atoms with E-state index in [1.807, 2.05) is 0 Å². The minimum atomic E-state index is -4.39. The van der Waals surface area contributed by atoms with Gasteiger partial charge in [-0.2, -0.15) is 13.2 Å². The summed E-state index contributed by atoms with van der Waals surface area (Å²) in [5.74, 6) is -0.533. The Bertz CT molecular complexity index is 357. The van der Waals surface area contributed by atoms with Crippen LogP contribution in [0, 0.1) is 5.92 Å². The van der Waals surface area contributed by atoms with Crippen molar-refractivity contribution in [3.05, 3.63) is 23.8 Å². The molecular formula is C15H24F3NO. The molecule has 20 heavy (non-hydrogen) atoms. The Labute approximate surface area is 119 Å². The average molecular weight is 291 g/mol. The Morgan fingerprint density at radius 1 is 1.25 bits per heavy atom. The number of hydrogen-bond donors (Lipinski definition) is 1. The summed E-state index contributed by atoms with van der Waals surface area (Å²) in [6.45, 7) is 5.24. The Kier molecular flexibility index (Phi) is 9.01. The van der Waals surface area contributed by atoms with E-state index in [0.29, 0.717) is 12.1 Å². The molecule has 0 aromatic heterocycles. The molecule has 0 saturated carbocycles. The first-order valence-corrected chi connectivity index (χ1v) is 6.99. The van der Waals surface area contributed by atoms with Gasteiger partial charge < -0.3 is 5.21 Å². The van der Waals surface area contributed by atoms with Crippen molar-refractivity contribution in [2.45, 2.75) is 59.1 Å². The molecule has 0 spiro atoms. The smallest absolute Gasteiger partial charge is 0.411 e. The van der Waals surface area contributed by atoms with Crippen LogP contribution >= 0.6 is 0 Å². The molecule has 1 N–H and O–H groups in total. The van der Waals surface area contributed by atoms with Crippen molar-refractivity contribution < 1.29 is 18.4 Å². The van der Waals surface area contributed by atoms with Gasteiger partial charge in [0, 0.05) is 5.92 Å². The zero-order chi connectivity index (χ0) is 15.6. The molecule has 0 aromatic carbocycles. The molecule has 116 valence electrons. The summed E-state index contributed by atoms with van der Waals surface area (Å²) in [6.07, 6.45) is 3.61. The fraction of sp³-hybridized carbons (Fsp3) is 0.667. The number of nitrogens with zero attached hydrogens (tertiary/aromatic N) is 1. The van der Waals surface area contributed by atoms with Crippen molar-refractivity contribution in [1.29, 1.82) is 0 Å². The average Bonchev–Trinajstić information content (AvgIpc) is 2.37. The topological polar surface area (TPSA) is 32.6 Å². The summed E-state index contributed by atoms with van der Waals surface area (Å²) in [7, 11) is 0. The highest BCUT2D eigenvalue weighted by atomic mass is 19.4. The normalized spacial score (nSPS) is 15.9. The van der Waals surface area contributed by atoms with Crippen molar-refractivity contribution in [3.63, 3.8) is 0 Å². The molecule has 0 amide bonds. The second kappa shape index (κ2) is 9.61. The number of oxime groups is 1. The maximum atomic E-state index is 12.8. The van der Waals surface area contributed by atoms with Crippen molar-refractivity contribution in [2.75, 3.05) is 0 Å². The highest BCUT2D eigenvalue weighted by Crippen LogP contribution is 2.28. The van der Waals surface area contributed by atoms with Crippen LogP contribution in [0.15, 0.2) is 29.0 Å². The monoisotopic (exact) mass is 291 g/mol. The second-order valence-electron chi connectivity index (χ2n) is 4.81. The van der Waals surface area contributed by atoms with E-state index in [-0.39, 0.29) is 0 Å². The minimum Gasteiger partial charge on any atom is -0.411 e. The summed E-state index contributed by atoms with van der Waals surface area (Å²) in [5.41, 5.74) is -0.311. The Morgan fingerprint density at radius 2 is 1.90 bits per heavy atom. The number of unbranched alkanes of at least 4 members (excludes halogenated alkanes) is 3. The van der Waals surface area contributed by atoms with Gasteiger partial charge in [0.05, 0.1) is 11.3 Å². The predicted molar refractivity (Wildman–Crippen MR) is 76.1 cm³/mol. The molecular weight excluding hydrogens is 267 g/mol. The maximum absolute atomic E-state index is 12.8. The zero-order valence-corrected chi connectivity index (χ0v) is 12.4. The first-order valence-electron chi connectivity index (χ1n) is 6.99. The van der Waals surface area contributed by atoms with Crippen molar-refractivity contribution in [3.8, 4) is 0 Å². The highest BCUT2D eigenvalue weighted by Gasteiger charge is 2.32. The van der Waals surface area contributed by atoms with Gasteiger partial charge in [0.15, 0.2) is 0 Å². The number of allylic oxidation sites excluding steroid dienone is 4. The highest BCUT2D eigenvalue weighted by molar-refractivity contribution is 5.87. The van der Waals surface area contributed by atoms with E-state index in [9.17, 15) is 13.2 Å². The van der Waals surface area contributed by atoms with E-state index in [0.717, 1.165) is 37.8 Å². The summed E-state index contributed by atoms with van der Waals surface area (Å²) in [4.78, 5) is 0. The fourth-order valence-electron chi connectivity index (χ4n) is 1.89. The van der Waals surface area contributed by atoms with Crippen LogP contribution in [0.5, 0.6) is 0 Å². The first kappa shape index (κ1) is 18.7. The molecule has 0 unspecified atom stereocenters. The molecule has 0 bridgehead atoms. The third-order valence-corrected chi connectivity index (χ3v) is 3.04. The SMILES string of the molecule is C/C=C\C(=C/[C@H](C)/C(CCCCCC)=N/O)C(F)(F)F. The van der Waals surface area contributed by atoms with Gasteiger partial charge >= 0.3 is 6.18 Å². The number of rotatable bonds is 8. The Hall–Kier alpha value is -1.26. The molecule has 0 aliphatic heterocycles. The second-order valence-corrected chi connectivity index (χ2v) is 4.81. The Balaban J connectivity index is 4.78. The third-order valence-electron chi connectivity index (χ3n) is 3.04. The molecule has 0 aliphatic carbocycles. The molecule has 5 heteroatoms. The van der Waals surface area contributed by atoms with Crippen LogP contribution in [0.1, 0.15) is 52.9 Å². The third kappa shape index (κ3) is 7.36. The summed E-state index contributed by atoms with van der Waals surface area (Å²) in [5, 5.41) is 12.1. The van der Waals surface area contributed by atoms with Crippen molar-refractivity contribution >= 4 is 5.71 Å². The lowest BCUT2D eigenvalue weighted by atomic mass is 9.97. The van der Waals surface area contributed by atoms with Crippen molar-refractivity contribution in [1.82, 2.24) is 0 Å². The van der Waals surface area contributed by atoms with Gasteiger partial charge in [-0.1, -0.05) is 56.5 Å². The van der Waals surface area contributed by atoms with E-state index >= 15 is 0 Å². The van der Waals surface area contributed by atoms with Crippen LogP contribution in [-0.4, -0.2) is 17.1 Å². The molecule has 2 nitrogen and oxygen atoms in total. The van der Waals surface area contributed by atoms with Crippen LogP contribution in [0.4, 0.5) is 13.2 Å². The summed E-state index contributed by atoms with van der Waals surface area (Å²) in [6, 6.07) is 0. The minimum absolute atomic E-state index is 0.396. The maximum Gasteiger partial charge on any atom is 0.416 e. The van der Waals surface area contributed by atoms with Crippen LogP contribution < -0.4 is 0 Å². The zero-order valence-electron chi connectivity index (χ0n) is 12.4. The van der Waals surface area contributed by atoms with Gasteiger partial charge in [0.2, 0.25) is 0 Å². The van der Waals surface area contributed by atoms with Crippen LogP contribution in [-0.2, 0) is 0 Å². The number of alkyl halides is 3. The lowest BCUT2D eigenvalue weighted by Crippen LogP contribution is -2.15.